The molecule has 26 heavy (non-hydrogen) atoms. The number of Topliss-reactive ketones (excluding diaryl/α,β-unsaturated/α-hetero) is 1. The lowest BCUT2D eigenvalue weighted by Crippen LogP contribution is -2.34. The Labute approximate surface area is 158 Å². The summed E-state index contributed by atoms with van der Waals surface area (Å²) in [6.45, 7) is 6.15. The molecule has 0 spiro atoms. The molecule has 1 aromatic rings. The lowest BCUT2D eigenvalue weighted by atomic mass is 9.77. The van der Waals surface area contributed by atoms with Crippen LogP contribution < -0.4 is 5.32 Å². The van der Waals surface area contributed by atoms with Crippen molar-refractivity contribution < 1.29 is 18.7 Å². The van der Waals surface area contributed by atoms with Crippen LogP contribution in [0.4, 0.5) is 0 Å². The third-order valence-electron chi connectivity index (χ3n) is 4.71. The summed E-state index contributed by atoms with van der Waals surface area (Å²) in [5.41, 5.74) is 2.79. The van der Waals surface area contributed by atoms with Crippen molar-refractivity contribution in [2.45, 2.75) is 46.0 Å². The summed E-state index contributed by atoms with van der Waals surface area (Å²) in [6, 6.07) is 3.71. The molecule has 3 rings (SSSR count). The van der Waals surface area contributed by atoms with E-state index in [-0.39, 0.29) is 11.8 Å². The summed E-state index contributed by atoms with van der Waals surface area (Å²) in [4.78, 5) is 25.5. The molecule has 6 heteroatoms. The molecule has 0 radical (unpaired) electrons. The number of thioether (sulfide) groups is 1. The van der Waals surface area contributed by atoms with Crippen LogP contribution in [0.5, 0.6) is 0 Å². The predicted octanol–water partition coefficient (Wildman–Crippen LogP) is 3.85. The van der Waals surface area contributed by atoms with Crippen molar-refractivity contribution in [1.82, 2.24) is 5.32 Å². The molecule has 0 saturated heterocycles. The molecule has 1 N–H and O–H groups in total. The second kappa shape index (κ2) is 8.16. The normalized spacial score (nSPS) is 20.1. The molecule has 5 nitrogen and oxygen atoms in total. The zero-order chi connectivity index (χ0) is 18.7. The third-order valence-corrected chi connectivity index (χ3v) is 5.57. The molecule has 0 amide bonds. The van der Waals surface area contributed by atoms with E-state index >= 15 is 0 Å². The number of esters is 1. The van der Waals surface area contributed by atoms with Crippen LogP contribution in [0.25, 0.3) is 0 Å². The summed E-state index contributed by atoms with van der Waals surface area (Å²) in [5, 5.41) is 3.28. The van der Waals surface area contributed by atoms with Crippen molar-refractivity contribution in [2.75, 3.05) is 18.1 Å². The van der Waals surface area contributed by atoms with E-state index in [4.69, 9.17) is 9.15 Å². The number of ketones is 1. The Morgan fingerprint density at radius 2 is 2.15 bits per heavy atom. The van der Waals surface area contributed by atoms with Crippen molar-refractivity contribution >= 4 is 23.5 Å². The molecule has 1 aromatic heterocycles. The Kier molecular flexibility index (Phi) is 5.91. The molecule has 2 heterocycles. The van der Waals surface area contributed by atoms with Crippen molar-refractivity contribution in [1.29, 1.82) is 0 Å². The largest absolute Gasteiger partial charge is 0.465 e. The van der Waals surface area contributed by atoms with Crippen LogP contribution in [-0.2, 0) is 14.3 Å². The molecule has 0 fully saturated rings. The van der Waals surface area contributed by atoms with Crippen molar-refractivity contribution in [3.8, 4) is 0 Å². The predicted molar refractivity (Wildman–Crippen MR) is 102 cm³/mol. The highest BCUT2D eigenvalue weighted by atomic mass is 32.2. The van der Waals surface area contributed by atoms with Gasteiger partial charge in [-0.15, -0.1) is 0 Å². The quantitative estimate of drug-likeness (QED) is 0.602. The van der Waals surface area contributed by atoms with Gasteiger partial charge in [-0.2, -0.15) is 11.8 Å². The van der Waals surface area contributed by atoms with Gasteiger partial charge >= 0.3 is 5.97 Å². The molecule has 0 bridgehead atoms. The fraction of sp³-hybridized carbons (Fsp3) is 0.500. The average molecular weight is 375 g/mol. The van der Waals surface area contributed by atoms with Gasteiger partial charge in [-0.1, -0.05) is 6.92 Å². The van der Waals surface area contributed by atoms with Gasteiger partial charge in [0.25, 0.3) is 0 Å². The van der Waals surface area contributed by atoms with E-state index in [0.29, 0.717) is 29.9 Å². The van der Waals surface area contributed by atoms with Gasteiger partial charge in [-0.3, -0.25) is 4.79 Å². The van der Waals surface area contributed by atoms with Gasteiger partial charge in [0.1, 0.15) is 18.1 Å². The Morgan fingerprint density at radius 3 is 2.85 bits per heavy atom. The lowest BCUT2D eigenvalue weighted by molar-refractivity contribution is -0.138. The van der Waals surface area contributed by atoms with Crippen LogP contribution in [-0.4, -0.2) is 29.9 Å². The maximum atomic E-state index is 12.8. The van der Waals surface area contributed by atoms with Crippen LogP contribution in [0.15, 0.2) is 39.1 Å². The summed E-state index contributed by atoms with van der Waals surface area (Å²) in [7, 11) is 0. The molecule has 0 unspecified atom stereocenters. The number of carbonyl (C=O) groups is 2. The first kappa shape index (κ1) is 18.8. The molecule has 1 aliphatic carbocycles. The number of ether oxygens (including phenoxy) is 1. The SMILES string of the molecule is CCSCCOC(=O)C1=C(C)NC2=C(C(=O)CCC2)[C@H]1c1ccc(C)o1. The molecule has 1 atom stereocenters. The monoisotopic (exact) mass is 375 g/mol. The molecular formula is C20H25NO4S. The second-order valence-electron chi connectivity index (χ2n) is 6.55. The first-order valence-electron chi connectivity index (χ1n) is 9.08. The second-order valence-corrected chi connectivity index (χ2v) is 7.94. The van der Waals surface area contributed by atoms with E-state index in [1.54, 1.807) is 11.8 Å². The Hall–Kier alpha value is -1.95. The van der Waals surface area contributed by atoms with Gasteiger partial charge in [0, 0.05) is 29.1 Å². The van der Waals surface area contributed by atoms with Gasteiger partial charge in [0.05, 0.1) is 11.5 Å². The zero-order valence-electron chi connectivity index (χ0n) is 15.5. The highest BCUT2D eigenvalue weighted by Gasteiger charge is 2.40. The highest BCUT2D eigenvalue weighted by molar-refractivity contribution is 7.99. The zero-order valence-corrected chi connectivity index (χ0v) is 16.3. The number of rotatable bonds is 6. The van der Waals surface area contributed by atoms with Crippen LogP contribution in [0.1, 0.15) is 50.5 Å². The average Bonchev–Trinajstić information content (AvgIpc) is 3.03. The Bertz CT molecular complexity index is 775. The molecule has 0 saturated carbocycles. The summed E-state index contributed by atoms with van der Waals surface area (Å²) in [6.07, 6.45) is 2.14. The van der Waals surface area contributed by atoms with Gasteiger partial charge in [-0.25, -0.2) is 4.79 Å². The topological polar surface area (TPSA) is 68.5 Å². The smallest absolute Gasteiger partial charge is 0.336 e. The number of hydrogen-bond acceptors (Lipinski definition) is 6. The number of hydrogen-bond donors (Lipinski definition) is 1. The first-order valence-corrected chi connectivity index (χ1v) is 10.2. The molecule has 140 valence electrons. The maximum Gasteiger partial charge on any atom is 0.336 e. The first-order chi connectivity index (χ1) is 12.5. The van der Waals surface area contributed by atoms with E-state index < -0.39 is 5.92 Å². The van der Waals surface area contributed by atoms with E-state index in [9.17, 15) is 9.59 Å². The number of furan rings is 1. The minimum atomic E-state index is -0.487. The fourth-order valence-electron chi connectivity index (χ4n) is 3.56. The maximum absolute atomic E-state index is 12.8. The van der Waals surface area contributed by atoms with Crippen molar-refractivity contribution in [3.05, 3.63) is 46.2 Å². The van der Waals surface area contributed by atoms with E-state index in [0.717, 1.165) is 41.5 Å². The standard InChI is InChI=1S/C20H25NO4S/c1-4-26-11-10-24-20(23)17-13(3)21-14-6-5-7-15(22)18(14)19(17)16-9-8-12(2)25-16/h8-9,19,21H,4-7,10-11H2,1-3H3/t19-/m0/s1. The van der Waals surface area contributed by atoms with Gasteiger partial charge in [-0.05, 0) is 44.6 Å². The van der Waals surface area contributed by atoms with E-state index in [2.05, 4.69) is 12.2 Å². The minimum Gasteiger partial charge on any atom is -0.465 e. The third kappa shape index (κ3) is 3.75. The molecule has 0 aromatic carbocycles. The number of nitrogens with one attached hydrogen (secondary N) is 1. The van der Waals surface area contributed by atoms with Crippen LogP contribution in [0.3, 0.4) is 0 Å². The highest BCUT2D eigenvalue weighted by Crippen LogP contribution is 2.42. The molecule has 2 aliphatic rings. The van der Waals surface area contributed by atoms with Crippen LogP contribution >= 0.6 is 11.8 Å². The fourth-order valence-corrected chi connectivity index (χ4v) is 4.05. The van der Waals surface area contributed by atoms with E-state index in [1.165, 1.54) is 0 Å². The number of carbonyl (C=O) groups excluding carboxylic acids is 2. The van der Waals surface area contributed by atoms with Gasteiger partial charge in [0.15, 0.2) is 5.78 Å². The van der Waals surface area contributed by atoms with Crippen LogP contribution in [0.2, 0.25) is 0 Å². The molecule has 1 aliphatic heterocycles. The minimum absolute atomic E-state index is 0.0807. The Balaban J connectivity index is 1.95. The number of allylic oxidation sites excluding steroid dienone is 3. The number of aryl methyl sites for hydroxylation is 1. The van der Waals surface area contributed by atoms with Crippen molar-refractivity contribution in [2.24, 2.45) is 0 Å². The Morgan fingerprint density at radius 1 is 1.35 bits per heavy atom. The summed E-state index contributed by atoms with van der Waals surface area (Å²) < 4.78 is 11.3. The van der Waals surface area contributed by atoms with E-state index in [1.807, 2.05) is 26.0 Å². The summed E-state index contributed by atoms with van der Waals surface area (Å²) >= 11 is 1.73. The van der Waals surface area contributed by atoms with Crippen molar-refractivity contribution in [3.63, 3.8) is 0 Å². The molecular weight excluding hydrogens is 350 g/mol. The summed E-state index contributed by atoms with van der Waals surface area (Å²) in [5.74, 6) is 2.35. The number of dihydropyridines is 1. The van der Waals surface area contributed by atoms with Gasteiger partial charge < -0.3 is 14.5 Å². The van der Waals surface area contributed by atoms with Gasteiger partial charge in [0.2, 0.25) is 0 Å². The van der Waals surface area contributed by atoms with Crippen LogP contribution in [0, 0.1) is 6.92 Å². The lowest BCUT2D eigenvalue weighted by Gasteiger charge is -2.32.